The van der Waals surface area contributed by atoms with Crippen LogP contribution in [0.5, 0.6) is 11.5 Å². The van der Waals surface area contributed by atoms with Gasteiger partial charge >= 0.3 is 5.97 Å². The summed E-state index contributed by atoms with van der Waals surface area (Å²) >= 11 is 0. The molecular formula is C30H28N2O5. The number of methoxy groups -OCH3 is 2. The number of carboxylic acids is 1. The molecule has 0 spiro atoms. The third-order valence-electron chi connectivity index (χ3n) is 7.01. The summed E-state index contributed by atoms with van der Waals surface area (Å²) in [7, 11) is 3.25. The second-order valence-corrected chi connectivity index (χ2v) is 9.15. The third kappa shape index (κ3) is 4.72. The highest BCUT2D eigenvalue weighted by atomic mass is 16.5. The molecule has 3 aromatic rings. The number of hydrogen-bond acceptors (Lipinski definition) is 5. The zero-order chi connectivity index (χ0) is 25.9. The van der Waals surface area contributed by atoms with E-state index >= 15 is 0 Å². The number of amides is 1. The maximum Gasteiger partial charge on any atom is 0.336 e. The molecule has 1 fully saturated rings. The van der Waals surface area contributed by atoms with Crippen molar-refractivity contribution in [3.8, 4) is 11.5 Å². The molecule has 0 bridgehead atoms. The number of carboxylic acid groups (broad SMARTS) is 1. The summed E-state index contributed by atoms with van der Waals surface area (Å²) in [4.78, 5) is 25.7. The fraction of sp³-hybridized carbons (Fsp3) is 0.233. The van der Waals surface area contributed by atoms with Gasteiger partial charge in [-0.2, -0.15) is 5.10 Å². The van der Waals surface area contributed by atoms with Crippen LogP contribution in [0.1, 0.15) is 57.1 Å². The Morgan fingerprint density at radius 3 is 2.16 bits per heavy atom. The predicted octanol–water partition coefficient (Wildman–Crippen LogP) is 5.84. The van der Waals surface area contributed by atoms with Crippen molar-refractivity contribution in [3.63, 3.8) is 0 Å². The number of hydrogen-bond donors (Lipinski definition) is 1. The molecule has 1 N–H and O–H groups in total. The Labute approximate surface area is 215 Å². The van der Waals surface area contributed by atoms with Crippen molar-refractivity contribution < 1.29 is 24.2 Å². The predicted molar refractivity (Wildman–Crippen MR) is 141 cm³/mol. The van der Waals surface area contributed by atoms with Crippen molar-refractivity contribution in [2.75, 3.05) is 14.2 Å². The molecule has 1 aliphatic heterocycles. The molecule has 1 heterocycles. The number of carbonyl (C=O) groups is 2. The molecule has 188 valence electrons. The van der Waals surface area contributed by atoms with E-state index in [0.29, 0.717) is 0 Å². The van der Waals surface area contributed by atoms with E-state index < -0.39 is 11.9 Å². The SMILES string of the molecule is COc1ccc(/C=C2/CCCC3C2=NN(C(=O)c2ccccc2C(=O)O)C3c2ccc(OC)cc2)cc1. The first kappa shape index (κ1) is 24.3. The number of benzene rings is 3. The van der Waals surface area contributed by atoms with Crippen LogP contribution < -0.4 is 9.47 Å². The molecule has 0 aromatic heterocycles. The number of nitrogens with zero attached hydrogens (tertiary/aromatic N) is 2. The zero-order valence-electron chi connectivity index (χ0n) is 20.8. The second-order valence-electron chi connectivity index (χ2n) is 9.15. The summed E-state index contributed by atoms with van der Waals surface area (Å²) in [5.41, 5.74) is 4.01. The highest BCUT2D eigenvalue weighted by molar-refractivity contribution is 6.10. The van der Waals surface area contributed by atoms with E-state index in [2.05, 4.69) is 6.08 Å². The fourth-order valence-electron chi connectivity index (χ4n) is 5.18. The highest BCUT2D eigenvalue weighted by Crippen LogP contribution is 2.45. The first-order chi connectivity index (χ1) is 18.0. The van der Waals surface area contributed by atoms with Gasteiger partial charge in [-0.3, -0.25) is 4.79 Å². The van der Waals surface area contributed by atoms with Crippen LogP contribution in [-0.4, -0.2) is 41.9 Å². The minimum absolute atomic E-state index is 0.00687. The molecule has 1 aliphatic carbocycles. The summed E-state index contributed by atoms with van der Waals surface area (Å²) in [6, 6.07) is 21.4. The summed E-state index contributed by atoms with van der Waals surface area (Å²) in [5.74, 6) is -0.0672. The van der Waals surface area contributed by atoms with Gasteiger partial charge in [-0.1, -0.05) is 36.4 Å². The van der Waals surface area contributed by atoms with Gasteiger partial charge in [0.1, 0.15) is 11.5 Å². The van der Waals surface area contributed by atoms with Gasteiger partial charge in [0.05, 0.1) is 37.1 Å². The second kappa shape index (κ2) is 10.3. The van der Waals surface area contributed by atoms with Crippen molar-refractivity contribution in [2.45, 2.75) is 25.3 Å². The standard InChI is InChI=1S/C30H28N2O5/c1-36-22-14-10-19(11-15-22)18-21-6-5-9-26-27(21)31-32(28(26)20-12-16-23(37-2)17-13-20)29(33)24-7-3-4-8-25(24)30(34)35/h3-4,7-8,10-18,26,28H,5-6,9H2,1-2H3,(H,34,35)/b21-18-. The van der Waals surface area contributed by atoms with Crippen LogP contribution in [0.15, 0.2) is 83.5 Å². The molecule has 2 atom stereocenters. The van der Waals surface area contributed by atoms with Crippen LogP contribution in [0.2, 0.25) is 0 Å². The van der Waals surface area contributed by atoms with Gasteiger partial charge in [-0.05, 0) is 78.4 Å². The lowest BCUT2D eigenvalue weighted by Gasteiger charge is -2.30. The third-order valence-corrected chi connectivity index (χ3v) is 7.01. The van der Waals surface area contributed by atoms with Crippen molar-refractivity contribution in [1.82, 2.24) is 5.01 Å². The molecule has 1 amide bonds. The maximum absolute atomic E-state index is 13.9. The Balaban J connectivity index is 1.59. The van der Waals surface area contributed by atoms with Gasteiger partial charge in [-0.15, -0.1) is 0 Å². The molecule has 37 heavy (non-hydrogen) atoms. The smallest absolute Gasteiger partial charge is 0.336 e. The van der Waals surface area contributed by atoms with E-state index in [1.807, 2.05) is 48.5 Å². The fourth-order valence-corrected chi connectivity index (χ4v) is 5.18. The largest absolute Gasteiger partial charge is 0.497 e. The molecule has 0 saturated heterocycles. The Morgan fingerprint density at radius 2 is 1.54 bits per heavy atom. The lowest BCUT2D eigenvalue weighted by Crippen LogP contribution is -2.32. The Kier molecular flexibility index (Phi) is 6.77. The van der Waals surface area contributed by atoms with Crippen molar-refractivity contribution in [2.24, 2.45) is 11.0 Å². The zero-order valence-corrected chi connectivity index (χ0v) is 20.8. The summed E-state index contributed by atoms with van der Waals surface area (Å²) < 4.78 is 10.6. The van der Waals surface area contributed by atoms with E-state index in [4.69, 9.17) is 14.6 Å². The number of allylic oxidation sites excluding steroid dienone is 1. The maximum atomic E-state index is 13.9. The molecule has 7 heteroatoms. The molecule has 2 aliphatic rings. The van der Waals surface area contributed by atoms with Crippen LogP contribution in [0.25, 0.3) is 6.08 Å². The Morgan fingerprint density at radius 1 is 0.919 bits per heavy atom. The number of aromatic carboxylic acids is 1. The lowest BCUT2D eigenvalue weighted by atomic mass is 9.77. The van der Waals surface area contributed by atoms with Gasteiger partial charge in [0, 0.05) is 5.92 Å². The summed E-state index contributed by atoms with van der Waals surface area (Å²) in [5, 5.41) is 16.1. The van der Waals surface area contributed by atoms with Crippen molar-refractivity contribution in [1.29, 1.82) is 0 Å². The van der Waals surface area contributed by atoms with E-state index in [1.165, 1.54) is 11.1 Å². The van der Waals surface area contributed by atoms with E-state index in [0.717, 1.165) is 53.2 Å². The molecule has 3 aromatic carbocycles. The van der Waals surface area contributed by atoms with Gasteiger partial charge in [0.15, 0.2) is 0 Å². The monoisotopic (exact) mass is 496 g/mol. The van der Waals surface area contributed by atoms with Gasteiger partial charge in [0.25, 0.3) is 5.91 Å². The minimum Gasteiger partial charge on any atom is -0.497 e. The number of carbonyl (C=O) groups excluding carboxylic acids is 1. The number of rotatable bonds is 6. The van der Waals surface area contributed by atoms with Crippen LogP contribution in [0, 0.1) is 5.92 Å². The summed E-state index contributed by atoms with van der Waals surface area (Å²) in [6.07, 6.45) is 4.81. The molecule has 1 saturated carbocycles. The van der Waals surface area contributed by atoms with Gasteiger partial charge in [0.2, 0.25) is 0 Å². The molecule has 5 rings (SSSR count). The lowest BCUT2D eigenvalue weighted by molar-refractivity contribution is 0.0646. The highest BCUT2D eigenvalue weighted by Gasteiger charge is 2.44. The van der Waals surface area contributed by atoms with Gasteiger partial charge < -0.3 is 14.6 Å². The van der Waals surface area contributed by atoms with E-state index in [9.17, 15) is 14.7 Å². The Hall–Kier alpha value is -4.39. The summed E-state index contributed by atoms with van der Waals surface area (Å²) in [6.45, 7) is 0. The quantitative estimate of drug-likeness (QED) is 0.463. The van der Waals surface area contributed by atoms with Crippen molar-refractivity contribution in [3.05, 3.63) is 101 Å². The average Bonchev–Trinajstić information content (AvgIpc) is 3.33. The van der Waals surface area contributed by atoms with Crippen molar-refractivity contribution >= 4 is 23.7 Å². The normalized spacial score (nSPS) is 19.8. The van der Waals surface area contributed by atoms with E-state index in [1.54, 1.807) is 32.4 Å². The van der Waals surface area contributed by atoms with Crippen LogP contribution in [0.4, 0.5) is 0 Å². The topological polar surface area (TPSA) is 88.4 Å². The van der Waals surface area contributed by atoms with Gasteiger partial charge in [-0.25, -0.2) is 9.80 Å². The van der Waals surface area contributed by atoms with Crippen LogP contribution in [-0.2, 0) is 0 Å². The van der Waals surface area contributed by atoms with E-state index in [-0.39, 0.29) is 23.1 Å². The molecular weight excluding hydrogens is 468 g/mol. The Bertz CT molecular complexity index is 1380. The first-order valence-electron chi connectivity index (χ1n) is 12.2. The number of ether oxygens (including phenoxy) is 2. The molecule has 2 unspecified atom stereocenters. The van der Waals surface area contributed by atoms with Crippen LogP contribution in [0.3, 0.4) is 0 Å². The number of fused-ring (bicyclic) bond motifs is 1. The molecule has 7 nitrogen and oxygen atoms in total. The number of hydrazone groups is 1. The molecule has 0 radical (unpaired) electrons. The minimum atomic E-state index is -1.14. The average molecular weight is 497 g/mol. The first-order valence-corrected chi connectivity index (χ1v) is 12.2. The van der Waals surface area contributed by atoms with Crippen LogP contribution >= 0.6 is 0 Å².